The van der Waals surface area contributed by atoms with Crippen LogP contribution in [0.4, 0.5) is 0 Å². The van der Waals surface area contributed by atoms with Crippen LogP contribution in [-0.4, -0.2) is 22.7 Å². The molecule has 116 valence electrons. The number of ether oxygens (including phenoxy) is 1. The van der Waals surface area contributed by atoms with E-state index in [-0.39, 0.29) is 0 Å². The van der Waals surface area contributed by atoms with Crippen molar-refractivity contribution in [2.45, 2.75) is 6.92 Å². The van der Waals surface area contributed by atoms with Gasteiger partial charge in [-0.05, 0) is 31.2 Å². The molecule has 3 rings (SSSR count). The molecule has 2 aromatic carbocycles. The van der Waals surface area contributed by atoms with Gasteiger partial charge in [0.05, 0.1) is 12.2 Å². The highest BCUT2D eigenvalue weighted by molar-refractivity contribution is 5.93. The lowest BCUT2D eigenvalue weighted by Gasteiger charge is -2.05. The molecule has 2 N–H and O–H groups in total. The Morgan fingerprint density at radius 2 is 1.91 bits per heavy atom. The molecule has 23 heavy (non-hydrogen) atoms. The Morgan fingerprint density at radius 3 is 2.61 bits per heavy atom. The molecule has 0 bridgehead atoms. The van der Waals surface area contributed by atoms with Crippen LogP contribution in [0.15, 0.2) is 53.1 Å². The number of rotatable bonds is 5. The minimum atomic E-state index is -0.476. The summed E-state index contributed by atoms with van der Waals surface area (Å²) >= 11 is 0. The first-order valence-electron chi connectivity index (χ1n) is 7.15. The van der Waals surface area contributed by atoms with E-state index < -0.39 is 5.91 Å². The SMILES string of the molecule is CCOc1ccccc1-c1nc(-c2ccc(C(N)=O)cc2)no1. The van der Waals surface area contributed by atoms with Crippen LogP contribution in [-0.2, 0) is 0 Å². The number of nitrogens with zero attached hydrogens (tertiary/aromatic N) is 2. The largest absolute Gasteiger partial charge is 0.493 e. The quantitative estimate of drug-likeness (QED) is 0.782. The fourth-order valence-electron chi connectivity index (χ4n) is 2.16. The second kappa shape index (κ2) is 6.31. The lowest BCUT2D eigenvalue weighted by Crippen LogP contribution is -2.10. The van der Waals surface area contributed by atoms with E-state index in [1.165, 1.54) is 0 Å². The van der Waals surface area contributed by atoms with E-state index in [0.717, 1.165) is 11.1 Å². The summed E-state index contributed by atoms with van der Waals surface area (Å²) in [7, 11) is 0. The first-order valence-corrected chi connectivity index (χ1v) is 7.15. The maximum absolute atomic E-state index is 11.1. The molecule has 1 amide bonds. The lowest BCUT2D eigenvalue weighted by atomic mass is 10.1. The standard InChI is InChI=1S/C17H15N3O3/c1-2-22-14-6-4-3-5-13(14)17-19-16(20-23-17)12-9-7-11(8-10-12)15(18)21/h3-10H,2H2,1H3,(H2,18,21). The van der Waals surface area contributed by atoms with Gasteiger partial charge in [0.1, 0.15) is 5.75 Å². The first-order chi connectivity index (χ1) is 11.2. The average Bonchev–Trinajstić information content (AvgIpc) is 3.05. The monoisotopic (exact) mass is 309 g/mol. The number of carbonyl (C=O) groups excluding carboxylic acids is 1. The molecule has 0 atom stereocenters. The van der Waals surface area contributed by atoms with E-state index in [9.17, 15) is 4.79 Å². The fraction of sp³-hybridized carbons (Fsp3) is 0.118. The zero-order chi connectivity index (χ0) is 16.2. The van der Waals surface area contributed by atoms with Gasteiger partial charge in [0.15, 0.2) is 0 Å². The summed E-state index contributed by atoms with van der Waals surface area (Å²) in [5.74, 6) is 1.02. The van der Waals surface area contributed by atoms with E-state index in [4.69, 9.17) is 15.0 Å². The van der Waals surface area contributed by atoms with E-state index >= 15 is 0 Å². The summed E-state index contributed by atoms with van der Waals surface area (Å²) in [4.78, 5) is 15.5. The van der Waals surface area contributed by atoms with Gasteiger partial charge in [0.2, 0.25) is 11.7 Å². The first kappa shape index (κ1) is 14.8. The Balaban J connectivity index is 1.93. The number of para-hydroxylation sites is 1. The molecule has 0 saturated heterocycles. The molecule has 6 nitrogen and oxygen atoms in total. The third-order valence-electron chi connectivity index (χ3n) is 3.27. The topological polar surface area (TPSA) is 91.2 Å². The fourth-order valence-corrected chi connectivity index (χ4v) is 2.16. The number of hydrogen-bond donors (Lipinski definition) is 1. The predicted molar refractivity (Wildman–Crippen MR) is 84.9 cm³/mol. The zero-order valence-electron chi connectivity index (χ0n) is 12.5. The molecule has 3 aromatic rings. The summed E-state index contributed by atoms with van der Waals surface area (Å²) in [5.41, 5.74) is 7.13. The number of amides is 1. The molecular formula is C17H15N3O3. The third kappa shape index (κ3) is 3.06. The number of hydrogen-bond acceptors (Lipinski definition) is 5. The molecule has 0 spiro atoms. The molecule has 1 heterocycles. The molecule has 0 unspecified atom stereocenters. The minimum absolute atomic E-state index is 0.378. The molecular weight excluding hydrogens is 294 g/mol. The molecule has 0 radical (unpaired) electrons. The maximum atomic E-state index is 11.1. The summed E-state index contributed by atoms with van der Waals surface area (Å²) in [6, 6.07) is 14.2. The van der Waals surface area contributed by atoms with Crippen LogP contribution in [0.1, 0.15) is 17.3 Å². The van der Waals surface area contributed by atoms with E-state index in [1.807, 2.05) is 31.2 Å². The Bertz CT molecular complexity index is 825. The lowest BCUT2D eigenvalue weighted by molar-refractivity contribution is 0.100. The van der Waals surface area contributed by atoms with Gasteiger partial charge in [-0.15, -0.1) is 0 Å². The van der Waals surface area contributed by atoms with Gasteiger partial charge in [-0.25, -0.2) is 0 Å². The Hall–Kier alpha value is -3.15. The van der Waals surface area contributed by atoms with Crippen LogP contribution in [0.5, 0.6) is 5.75 Å². The summed E-state index contributed by atoms with van der Waals surface area (Å²) in [5, 5.41) is 3.98. The Kier molecular flexibility index (Phi) is 4.05. The highest BCUT2D eigenvalue weighted by Crippen LogP contribution is 2.30. The molecule has 0 aliphatic carbocycles. The van der Waals surface area contributed by atoms with Crippen molar-refractivity contribution in [2.75, 3.05) is 6.61 Å². The maximum Gasteiger partial charge on any atom is 0.262 e. The molecule has 0 fully saturated rings. The van der Waals surface area contributed by atoms with Gasteiger partial charge in [0, 0.05) is 11.1 Å². The van der Waals surface area contributed by atoms with Gasteiger partial charge >= 0.3 is 0 Å². The Labute approximate surface area is 132 Å². The number of benzene rings is 2. The van der Waals surface area contributed by atoms with Crippen LogP contribution in [0.25, 0.3) is 22.8 Å². The van der Waals surface area contributed by atoms with E-state index in [1.54, 1.807) is 24.3 Å². The van der Waals surface area contributed by atoms with Crippen LogP contribution >= 0.6 is 0 Å². The number of carbonyl (C=O) groups is 1. The van der Waals surface area contributed by atoms with Crippen LogP contribution in [0.2, 0.25) is 0 Å². The molecule has 0 aliphatic heterocycles. The minimum Gasteiger partial charge on any atom is -0.493 e. The van der Waals surface area contributed by atoms with Gasteiger partial charge in [-0.2, -0.15) is 4.98 Å². The highest BCUT2D eigenvalue weighted by atomic mass is 16.5. The van der Waals surface area contributed by atoms with Crippen molar-refractivity contribution in [3.8, 4) is 28.6 Å². The summed E-state index contributed by atoms with van der Waals surface area (Å²) < 4.78 is 10.9. The van der Waals surface area contributed by atoms with Crippen LogP contribution < -0.4 is 10.5 Å². The van der Waals surface area contributed by atoms with Crippen LogP contribution in [0, 0.1) is 0 Å². The molecule has 1 aromatic heterocycles. The van der Waals surface area contributed by atoms with E-state index in [2.05, 4.69) is 10.1 Å². The van der Waals surface area contributed by atoms with Crippen molar-refractivity contribution < 1.29 is 14.1 Å². The van der Waals surface area contributed by atoms with Crippen LogP contribution in [0.3, 0.4) is 0 Å². The number of primary amides is 1. The van der Waals surface area contributed by atoms with Gasteiger partial charge < -0.3 is 15.0 Å². The van der Waals surface area contributed by atoms with Crippen molar-refractivity contribution in [1.29, 1.82) is 0 Å². The van der Waals surface area contributed by atoms with Crippen molar-refractivity contribution in [1.82, 2.24) is 10.1 Å². The van der Waals surface area contributed by atoms with Crippen molar-refractivity contribution in [3.63, 3.8) is 0 Å². The zero-order valence-corrected chi connectivity index (χ0v) is 12.5. The van der Waals surface area contributed by atoms with Gasteiger partial charge in [-0.1, -0.05) is 29.4 Å². The Morgan fingerprint density at radius 1 is 1.17 bits per heavy atom. The average molecular weight is 309 g/mol. The van der Waals surface area contributed by atoms with Crippen molar-refractivity contribution >= 4 is 5.91 Å². The molecule has 6 heteroatoms. The summed E-state index contributed by atoms with van der Waals surface area (Å²) in [6.07, 6.45) is 0. The second-order valence-corrected chi connectivity index (χ2v) is 4.79. The van der Waals surface area contributed by atoms with Gasteiger partial charge in [0.25, 0.3) is 5.89 Å². The summed E-state index contributed by atoms with van der Waals surface area (Å²) in [6.45, 7) is 2.46. The van der Waals surface area contributed by atoms with Crippen molar-refractivity contribution in [2.24, 2.45) is 5.73 Å². The third-order valence-corrected chi connectivity index (χ3v) is 3.27. The highest BCUT2D eigenvalue weighted by Gasteiger charge is 2.14. The van der Waals surface area contributed by atoms with E-state index in [0.29, 0.717) is 29.6 Å². The second-order valence-electron chi connectivity index (χ2n) is 4.79. The number of nitrogens with two attached hydrogens (primary N) is 1. The van der Waals surface area contributed by atoms with Gasteiger partial charge in [-0.3, -0.25) is 4.79 Å². The van der Waals surface area contributed by atoms with Crippen molar-refractivity contribution in [3.05, 3.63) is 54.1 Å². The smallest absolute Gasteiger partial charge is 0.262 e. The normalized spacial score (nSPS) is 10.5. The predicted octanol–water partition coefficient (Wildman–Crippen LogP) is 2.90. The molecule has 0 aliphatic rings. The molecule has 0 saturated carbocycles. The number of aromatic nitrogens is 2.